The van der Waals surface area contributed by atoms with Crippen molar-refractivity contribution in [3.8, 4) is 0 Å². The molecule has 3 rings (SSSR count). The molecule has 5 nitrogen and oxygen atoms in total. The fourth-order valence-electron chi connectivity index (χ4n) is 3.15. The maximum Gasteiger partial charge on any atom is 0.293 e. The molecule has 0 unspecified atom stereocenters. The van der Waals surface area contributed by atoms with E-state index in [0.717, 1.165) is 11.3 Å². The second kappa shape index (κ2) is 11.1. The molecule has 0 atom stereocenters. The number of halogens is 1. The molecule has 1 heterocycles. The van der Waals surface area contributed by atoms with Crippen LogP contribution in [0.2, 0.25) is 0 Å². The lowest BCUT2D eigenvalue weighted by Crippen LogP contribution is -3.00. The highest BCUT2D eigenvalue weighted by Crippen LogP contribution is 2.16. The molecule has 0 saturated carbocycles. The third kappa shape index (κ3) is 6.16. The van der Waals surface area contributed by atoms with E-state index in [1.807, 2.05) is 74.5 Å². The van der Waals surface area contributed by atoms with Crippen molar-refractivity contribution in [1.82, 2.24) is 5.32 Å². The zero-order valence-corrected chi connectivity index (χ0v) is 17.9. The normalized spacial score (nSPS) is 10.2. The molecule has 0 spiro atoms. The Morgan fingerprint density at radius 2 is 1.47 bits per heavy atom. The van der Waals surface area contributed by atoms with Crippen molar-refractivity contribution in [2.24, 2.45) is 0 Å². The number of hydrogen-bond donors (Lipinski definition) is 1. The van der Waals surface area contributed by atoms with Gasteiger partial charge in [-0.1, -0.05) is 48.5 Å². The molecule has 0 aliphatic carbocycles. The number of aromatic nitrogens is 1. The van der Waals surface area contributed by atoms with Gasteiger partial charge in [-0.05, 0) is 31.5 Å². The maximum absolute atomic E-state index is 12.9. The van der Waals surface area contributed by atoms with E-state index in [9.17, 15) is 9.59 Å². The monoisotopic (exact) mass is 423 g/mol. The number of benzene rings is 2. The zero-order valence-electron chi connectivity index (χ0n) is 17.2. The smallest absolute Gasteiger partial charge is 0.293 e. The minimum Gasteiger partial charge on any atom is -1.00 e. The number of anilines is 1. The lowest BCUT2D eigenvalue weighted by atomic mass is 10.2. The van der Waals surface area contributed by atoms with Crippen LogP contribution in [0.5, 0.6) is 0 Å². The van der Waals surface area contributed by atoms with Crippen LogP contribution >= 0.6 is 0 Å². The molecule has 1 aromatic heterocycles. The molecule has 156 valence electrons. The van der Waals surface area contributed by atoms with Gasteiger partial charge in [0, 0.05) is 30.4 Å². The van der Waals surface area contributed by atoms with Crippen LogP contribution in [0.15, 0.2) is 85.2 Å². The summed E-state index contributed by atoms with van der Waals surface area (Å²) in [7, 11) is 0. The van der Waals surface area contributed by atoms with E-state index < -0.39 is 0 Å². The van der Waals surface area contributed by atoms with Crippen LogP contribution in [-0.2, 0) is 17.9 Å². The van der Waals surface area contributed by atoms with Gasteiger partial charge in [-0.2, -0.15) is 4.57 Å². The Morgan fingerprint density at radius 3 is 2.03 bits per heavy atom. The number of nitrogens with one attached hydrogen (secondary N) is 1. The lowest BCUT2D eigenvalue weighted by Gasteiger charge is -2.25. The highest BCUT2D eigenvalue weighted by atomic mass is 35.5. The molecule has 0 fully saturated rings. The first-order chi connectivity index (χ1) is 14.0. The molecular formula is C24H26ClN3O2. The summed E-state index contributed by atoms with van der Waals surface area (Å²) in [6, 6.07) is 22.9. The molecule has 30 heavy (non-hydrogen) atoms. The van der Waals surface area contributed by atoms with Crippen LogP contribution in [0.25, 0.3) is 0 Å². The van der Waals surface area contributed by atoms with Crippen molar-refractivity contribution in [3.63, 3.8) is 0 Å². The SMILES string of the molecule is CC(C)N(C(=O)C[n+]1ccc(C(=O)NCc2ccccc2)cc1)c1ccccc1.[Cl-]. The molecule has 2 amide bonds. The zero-order chi connectivity index (χ0) is 20.6. The highest BCUT2D eigenvalue weighted by Gasteiger charge is 2.22. The van der Waals surface area contributed by atoms with Gasteiger partial charge in [-0.15, -0.1) is 0 Å². The van der Waals surface area contributed by atoms with Crippen LogP contribution in [-0.4, -0.2) is 17.9 Å². The van der Waals surface area contributed by atoms with E-state index in [-0.39, 0.29) is 36.8 Å². The second-order valence-corrected chi connectivity index (χ2v) is 7.12. The van der Waals surface area contributed by atoms with Crippen molar-refractivity contribution in [2.75, 3.05) is 4.90 Å². The Balaban J connectivity index is 0.00000320. The van der Waals surface area contributed by atoms with Crippen molar-refractivity contribution < 1.29 is 26.6 Å². The van der Waals surface area contributed by atoms with Crippen LogP contribution in [0.1, 0.15) is 29.8 Å². The topological polar surface area (TPSA) is 53.3 Å². The van der Waals surface area contributed by atoms with Gasteiger partial charge in [0.25, 0.3) is 11.8 Å². The predicted molar refractivity (Wildman–Crippen MR) is 113 cm³/mol. The summed E-state index contributed by atoms with van der Waals surface area (Å²) >= 11 is 0. The molecule has 0 saturated heterocycles. The molecule has 3 aromatic rings. The molecular weight excluding hydrogens is 398 g/mol. The van der Waals surface area contributed by atoms with Crippen LogP contribution in [0, 0.1) is 0 Å². The number of nitrogens with zero attached hydrogens (tertiary/aromatic N) is 2. The standard InChI is InChI=1S/C24H25N3O2.ClH/c1-19(2)27(22-11-7-4-8-12-22)23(28)18-26-15-13-21(14-16-26)24(29)25-17-20-9-5-3-6-10-20;/h3-16,19H,17-18H2,1-2H3;1H. The predicted octanol–water partition coefficient (Wildman–Crippen LogP) is 0.350. The van der Waals surface area contributed by atoms with E-state index in [1.54, 1.807) is 34.0 Å². The van der Waals surface area contributed by atoms with Crippen molar-refractivity contribution in [1.29, 1.82) is 0 Å². The van der Waals surface area contributed by atoms with Gasteiger partial charge >= 0.3 is 0 Å². The van der Waals surface area contributed by atoms with Crippen molar-refractivity contribution >= 4 is 17.5 Å². The number of para-hydroxylation sites is 1. The minimum atomic E-state index is -0.138. The molecule has 1 N–H and O–H groups in total. The summed E-state index contributed by atoms with van der Waals surface area (Å²) in [5.41, 5.74) is 2.49. The fraction of sp³-hybridized carbons (Fsp3) is 0.208. The molecule has 2 aromatic carbocycles. The summed E-state index contributed by atoms with van der Waals surface area (Å²) in [5.74, 6) is -0.141. The highest BCUT2D eigenvalue weighted by molar-refractivity contribution is 5.94. The van der Waals surface area contributed by atoms with Gasteiger partial charge in [0.15, 0.2) is 12.4 Å². The Labute approximate surface area is 183 Å². The van der Waals surface area contributed by atoms with Crippen LogP contribution < -0.4 is 27.2 Å². The molecule has 6 heteroatoms. The van der Waals surface area contributed by atoms with Crippen LogP contribution in [0.3, 0.4) is 0 Å². The summed E-state index contributed by atoms with van der Waals surface area (Å²) in [6.07, 6.45) is 3.53. The van der Waals surface area contributed by atoms with Crippen LogP contribution in [0.4, 0.5) is 5.69 Å². The van der Waals surface area contributed by atoms with Gasteiger partial charge in [0.05, 0.1) is 5.56 Å². The number of amides is 2. The Bertz CT molecular complexity index is 945. The van der Waals surface area contributed by atoms with Gasteiger partial charge in [0.2, 0.25) is 6.54 Å². The Hall–Kier alpha value is -3.18. The van der Waals surface area contributed by atoms with Gasteiger partial charge in [-0.3, -0.25) is 9.59 Å². The van der Waals surface area contributed by atoms with E-state index >= 15 is 0 Å². The summed E-state index contributed by atoms with van der Waals surface area (Å²) < 4.78 is 1.79. The van der Waals surface area contributed by atoms with Gasteiger partial charge < -0.3 is 22.6 Å². The maximum atomic E-state index is 12.9. The second-order valence-electron chi connectivity index (χ2n) is 7.12. The van der Waals surface area contributed by atoms with Gasteiger partial charge in [0.1, 0.15) is 0 Å². The largest absolute Gasteiger partial charge is 1.00 e. The number of carbonyl (C=O) groups is 2. The number of pyridine rings is 1. The number of carbonyl (C=O) groups excluding carboxylic acids is 2. The molecule has 0 radical (unpaired) electrons. The molecule has 0 bridgehead atoms. The molecule has 0 aliphatic heterocycles. The Kier molecular flexibility index (Phi) is 8.56. The van der Waals surface area contributed by atoms with Gasteiger partial charge in [-0.25, -0.2) is 0 Å². The van der Waals surface area contributed by atoms with E-state index in [1.165, 1.54) is 0 Å². The third-order valence-electron chi connectivity index (χ3n) is 4.59. The average molecular weight is 424 g/mol. The fourth-order valence-corrected chi connectivity index (χ4v) is 3.15. The first kappa shape index (κ1) is 23.1. The number of rotatable bonds is 7. The van der Waals surface area contributed by atoms with Crippen molar-refractivity contribution in [3.05, 3.63) is 96.3 Å². The van der Waals surface area contributed by atoms with E-state index in [0.29, 0.717) is 12.1 Å². The summed E-state index contributed by atoms with van der Waals surface area (Å²) in [5, 5.41) is 2.91. The third-order valence-corrected chi connectivity index (χ3v) is 4.59. The Morgan fingerprint density at radius 1 is 0.900 bits per heavy atom. The molecule has 0 aliphatic rings. The van der Waals surface area contributed by atoms with Crippen molar-refractivity contribution in [2.45, 2.75) is 33.0 Å². The number of hydrogen-bond acceptors (Lipinski definition) is 2. The summed E-state index contributed by atoms with van der Waals surface area (Å²) in [4.78, 5) is 27.0. The first-order valence-corrected chi connectivity index (χ1v) is 9.73. The van der Waals surface area contributed by atoms with E-state index in [4.69, 9.17) is 0 Å². The lowest BCUT2D eigenvalue weighted by molar-refractivity contribution is -0.684. The summed E-state index contributed by atoms with van der Waals surface area (Å²) in [6.45, 7) is 4.68. The van der Waals surface area contributed by atoms with E-state index in [2.05, 4.69) is 5.32 Å². The average Bonchev–Trinajstić information content (AvgIpc) is 2.74. The minimum absolute atomic E-state index is 0. The first-order valence-electron chi connectivity index (χ1n) is 9.73. The quantitative estimate of drug-likeness (QED) is 0.557.